The minimum atomic E-state index is -4.63. The summed E-state index contributed by atoms with van der Waals surface area (Å²) < 4.78 is 75.2. The molecule has 0 atom stereocenters. The molecule has 11 heteroatoms. The van der Waals surface area contributed by atoms with Crippen molar-refractivity contribution in [2.45, 2.75) is 44.3 Å². The van der Waals surface area contributed by atoms with E-state index in [1.807, 2.05) is 13.8 Å². The molecule has 2 N–H and O–H groups in total. The topological polar surface area (TPSA) is 95.1 Å². The van der Waals surface area contributed by atoms with Crippen LogP contribution in [0, 0.1) is 11.7 Å². The molecule has 0 saturated heterocycles. The maximum atomic E-state index is 14.2. The van der Waals surface area contributed by atoms with Gasteiger partial charge in [0.15, 0.2) is 0 Å². The summed E-state index contributed by atoms with van der Waals surface area (Å²) in [4.78, 5) is 11.8. The highest BCUT2D eigenvalue weighted by Crippen LogP contribution is 2.26. The van der Waals surface area contributed by atoms with Crippen LogP contribution in [0.3, 0.4) is 0 Å². The third-order valence-electron chi connectivity index (χ3n) is 3.99. The first-order chi connectivity index (χ1) is 12.8. The molecule has 6 nitrogen and oxygen atoms in total. The zero-order valence-electron chi connectivity index (χ0n) is 15.1. The Labute approximate surface area is 159 Å². The Kier molecular flexibility index (Phi) is 6.29. The van der Waals surface area contributed by atoms with Crippen LogP contribution in [0.25, 0.3) is 11.1 Å². The monoisotopic (exact) mass is 421 g/mol. The molecular formula is C17H19F4N3O3S. The van der Waals surface area contributed by atoms with Crippen molar-refractivity contribution >= 4 is 10.0 Å². The van der Waals surface area contributed by atoms with Crippen molar-refractivity contribution < 1.29 is 26.0 Å². The maximum absolute atomic E-state index is 14.2. The number of halogens is 4. The molecular weight excluding hydrogens is 402 g/mol. The van der Waals surface area contributed by atoms with Crippen molar-refractivity contribution in [3.8, 4) is 11.1 Å². The van der Waals surface area contributed by atoms with E-state index in [1.165, 1.54) is 6.07 Å². The molecule has 0 saturated carbocycles. The van der Waals surface area contributed by atoms with E-state index >= 15 is 0 Å². The highest BCUT2D eigenvalue weighted by atomic mass is 32.2. The second-order valence-corrected chi connectivity index (χ2v) is 8.27. The van der Waals surface area contributed by atoms with Gasteiger partial charge in [0.25, 0.3) is 5.56 Å². The second-order valence-electron chi connectivity index (χ2n) is 6.74. The molecule has 0 unspecified atom stereocenters. The molecule has 0 bridgehead atoms. The average molecular weight is 421 g/mol. The highest BCUT2D eigenvalue weighted by Gasteiger charge is 2.30. The largest absolute Gasteiger partial charge is 0.408 e. The second kappa shape index (κ2) is 8.00. The number of nitrogens with zero attached hydrogens (tertiary/aromatic N) is 2. The van der Waals surface area contributed by atoms with Crippen molar-refractivity contribution in [1.29, 1.82) is 0 Å². The average Bonchev–Trinajstić information content (AvgIpc) is 2.52. The van der Waals surface area contributed by atoms with E-state index in [1.54, 1.807) is 0 Å². The van der Waals surface area contributed by atoms with Crippen LogP contribution in [-0.2, 0) is 23.0 Å². The van der Waals surface area contributed by atoms with Gasteiger partial charge < -0.3 is 0 Å². The zero-order valence-corrected chi connectivity index (χ0v) is 15.9. The van der Waals surface area contributed by atoms with Crippen LogP contribution < -0.4 is 10.7 Å². The van der Waals surface area contributed by atoms with Crippen LogP contribution in [0.1, 0.15) is 25.8 Å². The molecule has 2 aromatic rings. The molecule has 2 rings (SSSR count). The molecule has 0 amide bonds. The molecule has 1 heterocycles. The van der Waals surface area contributed by atoms with Crippen molar-refractivity contribution in [2.75, 3.05) is 0 Å². The third-order valence-corrected chi connectivity index (χ3v) is 4.94. The highest BCUT2D eigenvalue weighted by molar-refractivity contribution is 7.89. The fraction of sp³-hybridized carbons (Fsp3) is 0.412. The van der Waals surface area contributed by atoms with Gasteiger partial charge in [0.2, 0.25) is 10.0 Å². The first-order valence-corrected chi connectivity index (χ1v) is 9.82. The first-order valence-electron chi connectivity index (χ1n) is 8.28. The van der Waals surface area contributed by atoms with Gasteiger partial charge in [0.05, 0.1) is 6.20 Å². The number of sulfonamides is 1. The summed E-state index contributed by atoms with van der Waals surface area (Å²) in [5.74, 6) is -0.966. The van der Waals surface area contributed by atoms with Gasteiger partial charge >= 0.3 is 6.18 Å². The normalized spacial score (nSPS) is 12.6. The number of rotatable bonds is 6. The molecule has 0 aliphatic heterocycles. The Bertz CT molecular complexity index is 1030. The van der Waals surface area contributed by atoms with Crippen LogP contribution in [0.5, 0.6) is 0 Å². The number of nitrogens with two attached hydrogens (primary N) is 1. The molecule has 0 radical (unpaired) electrons. The number of primary sulfonamides is 1. The van der Waals surface area contributed by atoms with E-state index in [2.05, 4.69) is 5.10 Å². The van der Waals surface area contributed by atoms with Gasteiger partial charge in [-0.3, -0.25) is 4.79 Å². The maximum Gasteiger partial charge on any atom is 0.408 e. The third kappa shape index (κ3) is 5.38. The lowest BCUT2D eigenvalue weighted by Crippen LogP contribution is -2.32. The summed E-state index contributed by atoms with van der Waals surface area (Å²) >= 11 is 0. The van der Waals surface area contributed by atoms with Crippen molar-refractivity contribution in [3.05, 3.63) is 46.1 Å². The predicted molar refractivity (Wildman–Crippen MR) is 94.5 cm³/mol. The van der Waals surface area contributed by atoms with Crippen LogP contribution in [-0.4, -0.2) is 24.4 Å². The molecule has 0 aliphatic rings. The number of aromatic nitrogens is 2. The summed E-state index contributed by atoms with van der Waals surface area (Å²) in [5.41, 5.74) is -0.613. The Morgan fingerprint density at radius 2 is 1.89 bits per heavy atom. The van der Waals surface area contributed by atoms with Crippen LogP contribution >= 0.6 is 0 Å². The molecule has 28 heavy (non-hydrogen) atoms. The van der Waals surface area contributed by atoms with Gasteiger partial charge in [-0.1, -0.05) is 19.9 Å². The quantitative estimate of drug-likeness (QED) is 0.726. The fourth-order valence-electron chi connectivity index (χ4n) is 2.63. The Balaban J connectivity index is 2.61. The Morgan fingerprint density at radius 3 is 2.39 bits per heavy atom. The van der Waals surface area contributed by atoms with Crippen molar-refractivity contribution in [3.63, 3.8) is 0 Å². The van der Waals surface area contributed by atoms with Gasteiger partial charge in [-0.25, -0.2) is 22.6 Å². The predicted octanol–water partition coefficient (Wildman–Crippen LogP) is 2.85. The number of alkyl halides is 3. The lowest BCUT2D eigenvalue weighted by atomic mass is 9.96. The lowest BCUT2D eigenvalue weighted by molar-refractivity contribution is -0.143. The number of hydrogen-bond donors (Lipinski definition) is 1. The van der Waals surface area contributed by atoms with Gasteiger partial charge in [0, 0.05) is 11.1 Å². The smallest absolute Gasteiger partial charge is 0.267 e. The first kappa shape index (κ1) is 22.0. The summed E-state index contributed by atoms with van der Waals surface area (Å²) in [6, 6.07) is 3.03. The van der Waals surface area contributed by atoms with Crippen molar-refractivity contribution in [1.82, 2.24) is 9.78 Å². The fourth-order valence-corrected chi connectivity index (χ4v) is 3.22. The standard InChI is InChI=1S/C17H19F4N3O3S/c1-10(2)3-5-12-13(8-23-24(16(12)25)9-17(19,20)21)11-4-6-15(14(18)7-11)28(22,26)27/h4,6-8,10H,3,5,9H2,1-2H3,(H2,22,26,27). The minimum absolute atomic E-state index is 0.0516. The molecule has 0 spiro atoms. The van der Waals surface area contributed by atoms with Crippen molar-refractivity contribution in [2.24, 2.45) is 11.1 Å². The van der Waals surface area contributed by atoms with Gasteiger partial charge in [-0.05, 0) is 36.5 Å². The lowest BCUT2D eigenvalue weighted by Gasteiger charge is -2.15. The van der Waals surface area contributed by atoms with E-state index in [4.69, 9.17) is 5.14 Å². The Morgan fingerprint density at radius 1 is 1.25 bits per heavy atom. The molecule has 0 fully saturated rings. The van der Waals surface area contributed by atoms with Gasteiger partial charge in [-0.2, -0.15) is 18.3 Å². The summed E-state index contributed by atoms with van der Waals surface area (Å²) in [7, 11) is -4.28. The molecule has 154 valence electrons. The molecule has 1 aromatic carbocycles. The van der Waals surface area contributed by atoms with E-state index < -0.39 is 39.0 Å². The van der Waals surface area contributed by atoms with Crippen LogP contribution in [0.2, 0.25) is 0 Å². The van der Waals surface area contributed by atoms with Crippen LogP contribution in [0.15, 0.2) is 34.1 Å². The summed E-state index contributed by atoms with van der Waals surface area (Å²) in [6.07, 6.45) is -2.91. The van der Waals surface area contributed by atoms with Gasteiger partial charge in [-0.15, -0.1) is 0 Å². The van der Waals surface area contributed by atoms with E-state index in [0.29, 0.717) is 11.1 Å². The number of benzene rings is 1. The molecule has 0 aliphatic carbocycles. The molecule has 1 aromatic heterocycles. The minimum Gasteiger partial charge on any atom is -0.267 e. The summed E-state index contributed by atoms with van der Waals surface area (Å²) in [5, 5.41) is 8.47. The zero-order chi connectivity index (χ0) is 21.3. The van der Waals surface area contributed by atoms with E-state index in [0.717, 1.165) is 18.3 Å². The van der Waals surface area contributed by atoms with Crippen LogP contribution in [0.4, 0.5) is 17.6 Å². The summed E-state index contributed by atoms with van der Waals surface area (Å²) in [6.45, 7) is 2.23. The number of hydrogen-bond acceptors (Lipinski definition) is 4. The van der Waals surface area contributed by atoms with E-state index in [-0.39, 0.29) is 29.0 Å². The Hall–Kier alpha value is -2.27. The SMILES string of the molecule is CC(C)CCc1c(-c2ccc(S(N)(=O)=O)c(F)c2)cnn(CC(F)(F)F)c1=O. The van der Waals surface area contributed by atoms with Gasteiger partial charge in [0.1, 0.15) is 17.3 Å². The van der Waals surface area contributed by atoms with E-state index in [9.17, 15) is 30.8 Å².